The SMILES string of the molecule is CCC1CC(C(=O)NC(C(C)Cl)C2O[C@H](SC)C(O)[C@H](O)[C@H]2O)CN(CCC(=O)NC[C@H]2CN(c3ccc(N4CCOCC4)c(F)c3)C(=O)O2)C1.CCC1CNCC(C(=O)NC(C(C)Cl)C2O[C@H](SC)C(O)[C@H](O)[C@H]2O)C1.NC[C@H]1CN(c2ccc(N3CCOCC3)c(F)c2)C(=O)O1.O=C(CCBr)NC[C@H]1CN(c2ccc(N3CCOCC3)c(F)c2)C(=O)O1.O=C(O)CCBr. The molecular formula is C85H126Br2Cl2F3N13O23S2. The molecule has 10 fully saturated rings. The predicted molar refractivity (Wildman–Crippen MR) is 493 cm³/mol. The minimum atomic E-state index is -1.46. The zero-order valence-electron chi connectivity index (χ0n) is 73.8. The van der Waals surface area contributed by atoms with E-state index in [-0.39, 0.29) is 98.8 Å². The summed E-state index contributed by atoms with van der Waals surface area (Å²) in [5, 5.41) is 84.5. The van der Waals surface area contributed by atoms with Crippen molar-refractivity contribution in [1.82, 2.24) is 31.5 Å². The normalized spacial score (nSPS) is 28.6. The van der Waals surface area contributed by atoms with E-state index in [1.165, 1.54) is 56.4 Å². The number of thioether (sulfide) groups is 2. The summed E-state index contributed by atoms with van der Waals surface area (Å²) in [5.74, 6) is -2.56. The van der Waals surface area contributed by atoms with E-state index >= 15 is 0 Å². The number of amides is 7. The van der Waals surface area contributed by atoms with Crippen LogP contribution in [0, 0.1) is 41.1 Å². The summed E-state index contributed by atoms with van der Waals surface area (Å²) in [6.45, 7) is 19.2. The number of morpholine rings is 3. The number of piperidine rings is 2. The smallest absolute Gasteiger partial charge is 0.414 e. The van der Waals surface area contributed by atoms with Crippen LogP contribution in [0.15, 0.2) is 54.6 Å². The Morgan fingerprint density at radius 1 is 0.523 bits per heavy atom. The third-order valence-corrected chi connectivity index (χ3v) is 27.0. The van der Waals surface area contributed by atoms with E-state index in [2.05, 4.69) is 77.2 Å². The molecule has 12 unspecified atom stereocenters. The number of benzene rings is 3. The van der Waals surface area contributed by atoms with Gasteiger partial charge in [-0.3, -0.25) is 38.7 Å². The Morgan fingerprint density at radius 3 is 1.25 bits per heavy atom. The van der Waals surface area contributed by atoms with Crippen molar-refractivity contribution in [2.45, 2.75) is 173 Å². The number of aliphatic hydroxyl groups excluding tert-OH is 6. The number of nitrogens with zero attached hydrogens (tertiary/aromatic N) is 7. The van der Waals surface area contributed by atoms with Gasteiger partial charge in [0.25, 0.3) is 0 Å². The Labute approximate surface area is 790 Å². The summed E-state index contributed by atoms with van der Waals surface area (Å²) in [6.07, 6.45) is -5.57. The van der Waals surface area contributed by atoms with Crippen molar-refractivity contribution in [2.24, 2.45) is 29.4 Å². The van der Waals surface area contributed by atoms with E-state index in [0.717, 1.165) is 32.4 Å². The van der Waals surface area contributed by atoms with Gasteiger partial charge in [0.1, 0.15) is 95.5 Å². The van der Waals surface area contributed by atoms with Crippen LogP contribution in [0.3, 0.4) is 0 Å². The maximum atomic E-state index is 15.0. The first-order chi connectivity index (χ1) is 62.2. The minimum absolute atomic E-state index is 0.105. The van der Waals surface area contributed by atoms with Gasteiger partial charge in [-0.25, -0.2) is 27.6 Å². The zero-order chi connectivity index (χ0) is 94.6. The van der Waals surface area contributed by atoms with E-state index in [1.807, 2.05) is 14.7 Å². The number of carboxylic acids is 1. The quantitative estimate of drug-likeness (QED) is 0.0317. The highest BCUT2D eigenvalue weighted by Crippen LogP contribution is 2.37. The van der Waals surface area contributed by atoms with Gasteiger partial charge < -0.3 is 126 Å². The topological polar surface area (TPSA) is 461 Å². The van der Waals surface area contributed by atoms with Gasteiger partial charge in [0.05, 0.1) is 148 Å². The van der Waals surface area contributed by atoms with Crippen LogP contribution in [-0.2, 0) is 61.9 Å². The Hall–Kier alpha value is -6.31. The first-order valence-electron chi connectivity index (χ1n) is 43.9. The molecule has 730 valence electrons. The molecule has 0 radical (unpaired) electrons. The van der Waals surface area contributed by atoms with Crippen molar-refractivity contribution < 1.29 is 125 Å². The second-order valence-corrected chi connectivity index (χ2v) is 37.9. The molecule has 0 aliphatic carbocycles. The minimum Gasteiger partial charge on any atom is -0.481 e. The number of aliphatic carboxylic acids is 1. The lowest BCUT2D eigenvalue weighted by Crippen LogP contribution is -2.65. The number of likely N-dealkylation sites (tertiary alicyclic amines) is 1. The molecule has 10 aliphatic heterocycles. The summed E-state index contributed by atoms with van der Waals surface area (Å²) < 4.78 is 87.1. The number of nitrogens with one attached hydrogen (secondary N) is 5. The lowest BCUT2D eigenvalue weighted by atomic mass is 9.86. The van der Waals surface area contributed by atoms with Crippen molar-refractivity contribution in [3.63, 3.8) is 0 Å². The number of hydrogen-bond acceptors (Lipinski definition) is 30. The third kappa shape index (κ3) is 30.3. The van der Waals surface area contributed by atoms with Gasteiger partial charge in [-0.05, 0) is 112 Å². The second-order valence-electron chi connectivity index (χ2n) is 33.0. The Morgan fingerprint density at radius 2 is 0.900 bits per heavy atom. The number of anilines is 6. The molecule has 0 spiro atoms. The number of cyclic esters (lactones) is 3. The van der Waals surface area contributed by atoms with Crippen molar-refractivity contribution in [2.75, 3.05) is 203 Å². The number of hydrogen-bond donors (Lipinski definition) is 13. The number of rotatable bonds is 30. The van der Waals surface area contributed by atoms with Gasteiger partial charge in [-0.2, -0.15) is 0 Å². The molecule has 10 aliphatic rings. The van der Waals surface area contributed by atoms with Gasteiger partial charge in [-0.15, -0.1) is 46.7 Å². The molecule has 10 heterocycles. The predicted octanol–water partition coefficient (Wildman–Crippen LogP) is 4.72. The largest absolute Gasteiger partial charge is 0.481 e. The van der Waals surface area contributed by atoms with Crippen LogP contribution in [0.4, 0.5) is 61.7 Å². The molecule has 45 heteroatoms. The Balaban J connectivity index is 0.000000204. The number of ether oxygens (including phenoxy) is 8. The first-order valence-corrected chi connectivity index (χ1v) is 49.6. The highest BCUT2D eigenvalue weighted by Gasteiger charge is 2.51. The van der Waals surface area contributed by atoms with Gasteiger partial charge in [0.15, 0.2) is 0 Å². The van der Waals surface area contributed by atoms with E-state index in [0.29, 0.717) is 169 Å². The Kier molecular flexibility index (Phi) is 44.0. The van der Waals surface area contributed by atoms with E-state index in [1.54, 1.807) is 62.8 Å². The number of alkyl halides is 4. The highest BCUT2D eigenvalue weighted by atomic mass is 79.9. The van der Waals surface area contributed by atoms with Gasteiger partial charge in [-0.1, -0.05) is 58.5 Å². The molecule has 3 aromatic carbocycles. The first kappa shape index (κ1) is 107. The monoisotopic (exact) mass is 2050 g/mol. The summed E-state index contributed by atoms with van der Waals surface area (Å²) in [5.41, 5.74) is 6.80. The molecule has 13 rings (SSSR count). The standard InChI is InChI=1S/C34H51ClFN5O9S.C17H21BrFN3O4.C17H31ClN2O5S.C14H18FN3O3.C3H5BrO2/c1-4-20-13-21(32(46)38-27(19(2)35)31-29(44)28(43)30(45)33(50-31)51-3)17-39(16-20)8-7-26(42)37-15-23-18-41(34(47)49-23)22-5-6-25(24(36)14-22)40-9-11-48-12-10-40;18-4-3-16(23)20-10-13-11-22(17(24)26-13)12-1-2-15(14(19)9-12)21-5-7-25-8-6-21;1-4-9-5-10(7-19-6-9)16(24)20-11(8(2)18)15-13(22)12(21)14(23)17(25-15)26-3;15-12-7-10(18-9-11(8-16)21-14(18)19)1-2-13(12)17-3-5-20-6-4-17;4-2-1-3(5)6/h5-6,14,19-21,23,27-31,33,43-45H,4,7-13,15-18H2,1-3H3,(H,37,42)(H,38,46);1-2,9,13H,3-8,10-11H2,(H,20,23);8-15,17,19,21-23H,4-7H2,1-3H3,(H,20,24);1-2,7,11H,3-6,8-9,16H2;1-2H2,(H,5,6)/t19?,20?,21?,23-,27?,28+,29+,30?,31?,33+;13-;8?,9?,10?,11?,12-,13-,14?,15?,17-;11-;/m0010./s1. The van der Waals surface area contributed by atoms with Crippen LogP contribution in [0.1, 0.15) is 72.6 Å². The van der Waals surface area contributed by atoms with Crippen molar-refractivity contribution in [3.8, 4) is 0 Å². The summed E-state index contributed by atoms with van der Waals surface area (Å²) in [7, 11) is 0. The van der Waals surface area contributed by atoms with Crippen molar-refractivity contribution in [1.29, 1.82) is 0 Å². The molecule has 130 heavy (non-hydrogen) atoms. The Bertz CT molecular complexity index is 4140. The average Bonchev–Trinajstić information content (AvgIpc) is 1.44. The van der Waals surface area contributed by atoms with Crippen molar-refractivity contribution in [3.05, 3.63) is 72.0 Å². The second kappa shape index (κ2) is 53.3. The van der Waals surface area contributed by atoms with Crippen molar-refractivity contribution >= 4 is 161 Å². The van der Waals surface area contributed by atoms with E-state index in [9.17, 15) is 82.2 Å². The molecule has 10 saturated heterocycles. The number of carbonyl (C=O) groups excluding carboxylic acids is 7. The maximum absolute atomic E-state index is 15.0. The molecule has 36 nitrogen and oxygen atoms in total. The van der Waals surface area contributed by atoms with Crippen LogP contribution in [-0.4, -0.2) is 363 Å². The zero-order valence-corrected chi connectivity index (χ0v) is 80.1. The molecule has 0 saturated carbocycles. The van der Waals surface area contributed by atoms with E-state index < -0.39 is 131 Å². The number of aliphatic hydroxyl groups is 6. The lowest BCUT2D eigenvalue weighted by molar-refractivity contribution is -0.205. The third-order valence-electron chi connectivity index (χ3n) is 24.0. The fraction of sp³-hybridized carbons (Fsp3) is 0.694. The summed E-state index contributed by atoms with van der Waals surface area (Å²) in [6, 6.07) is 12.7. The van der Waals surface area contributed by atoms with Crippen LogP contribution in [0.5, 0.6) is 0 Å². The lowest BCUT2D eigenvalue weighted by Gasteiger charge is -2.44. The van der Waals surface area contributed by atoms with Crippen LogP contribution in [0.25, 0.3) is 0 Å². The molecule has 3 aromatic rings. The van der Waals surface area contributed by atoms with Crippen LogP contribution < -0.4 is 61.7 Å². The molecule has 14 N–H and O–H groups in total. The molecule has 0 bridgehead atoms. The van der Waals surface area contributed by atoms with Gasteiger partial charge in [0, 0.05) is 95.5 Å². The van der Waals surface area contributed by atoms with Gasteiger partial charge >= 0.3 is 24.2 Å². The maximum Gasteiger partial charge on any atom is 0.414 e. The van der Waals surface area contributed by atoms with Gasteiger partial charge in [0.2, 0.25) is 23.6 Å². The number of carboxylic acid groups (broad SMARTS) is 1. The molecule has 0 aromatic heterocycles. The van der Waals surface area contributed by atoms with Crippen LogP contribution >= 0.6 is 78.6 Å². The summed E-state index contributed by atoms with van der Waals surface area (Å²) in [4.78, 5) is 109. The van der Waals surface area contributed by atoms with E-state index in [4.69, 9.17) is 71.9 Å². The highest BCUT2D eigenvalue weighted by molar-refractivity contribution is 9.09. The fourth-order valence-corrected chi connectivity index (χ4v) is 19.0. The number of halogens is 7. The number of nitrogens with two attached hydrogens (primary N) is 1. The molecular weight excluding hydrogens is 1920 g/mol. The molecule has 7 amide bonds. The number of carbonyl (C=O) groups is 8. The molecule has 21 atom stereocenters. The summed E-state index contributed by atoms with van der Waals surface area (Å²) >= 11 is 21.3. The fourth-order valence-electron chi connectivity index (χ4n) is 16.5. The van der Waals surface area contributed by atoms with Crippen LogP contribution in [0.2, 0.25) is 0 Å². The average molecular weight is 2050 g/mol.